The van der Waals surface area contributed by atoms with Crippen molar-refractivity contribution in [2.75, 3.05) is 39.0 Å². The maximum absolute atomic E-state index is 12.9. The van der Waals surface area contributed by atoms with Gasteiger partial charge < -0.3 is 9.80 Å². The molecule has 0 saturated carbocycles. The number of piperidine rings is 1. The summed E-state index contributed by atoms with van der Waals surface area (Å²) >= 11 is 0. The van der Waals surface area contributed by atoms with Crippen LogP contribution in [0.2, 0.25) is 0 Å². The van der Waals surface area contributed by atoms with E-state index in [1.54, 1.807) is 4.90 Å². The highest BCUT2D eigenvalue weighted by Crippen LogP contribution is 2.28. The van der Waals surface area contributed by atoms with Crippen LogP contribution in [-0.2, 0) is 19.6 Å². The van der Waals surface area contributed by atoms with E-state index in [1.165, 1.54) is 16.6 Å². The molecular formula is C16H27N3O4S. The summed E-state index contributed by atoms with van der Waals surface area (Å²) in [6.07, 6.45) is 3.78. The van der Waals surface area contributed by atoms with Gasteiger partial charge in [-0.25, -0.2) is 8.42 Å². The summed E-state index contributed by atoms with van der Waals surface area (Å²) in [5, 5.41) is 0. The normalized spacial score (nSPS) is 23.1. The molecule has 0 aromatic rings. The smallest absolute Gasteiger partial charge is 0.245 e. The van der Waals surface area contributed by atoms with Crippen molar-refractivity contribution in [3.63, 3.8) is 0 Å². The number of piperazine rings is 1. The van der Waals surface area contributed by atoms with Crippen LogP contribution < -0.4 is 0 Å². The molecule has 2 heterocycles. The summed E-state index contributed by atoms with van der Waals surface area (Å²) in [5.74, 6) is -0.134. The van der Waals surface area contributed by atoms with Gasteiger partial charge in [0.1, 0.15) is 0 Å². The van der Waals surface area contributed by atoms with E-state index in [0.717, 1.165) is 0 Å². The number of rotatable bonds is 3. The third kappa shape index (κ3) is 3.97. The molecule has 2 amide bonds. The molecule has 7 nitrogen and oxygen atoms in total. The molecule has 0 atom stereocenters. The Kier molecular flexibility index (Phi) is 5.39. The summed E-state index contributed by atoms with van der Waals surface area (Å²) in [6, 6.07) is 0. The first-order chi connectivity index (χ1) is 11.1. The van der Waals surface area contributed by atoms with Crippen LogP contribution in [-0.4, -0.2) is 78.9 Å². The van der Waals surface area contributed by atoms with Crippen LogP contribution in [0, 0.1) is 5.92 Å². The third-order valence-electron chi connectivity index (χ3n) is 4.93. The van der Waals surface area contributed by atoms with E-state index in [9.17, 15) is 18.0 Å². The van der Waals surface area contributed by atoms with Crippen LogP contribution in [0.15, 0.2) is 12.7 Å². The quantitative estimate of drug-likeness (QED) is 0.681. The molecule has 2 rings (SSSR count). The number of hydrogen-bond acceptors (Lipinski definition) is 4. The molecule has 2 aliphatic rings. The Morgan fingerprint density at radius 2 is 1.71 bits per heavy atom. The van der Waals surface area contributed by atoms with E-state index >= 15 is 0 Å². The second kappa shape index (κ2) is 6.84. The van der Waals surface area contributed by atoms with Gasteiger partial charge in [0.05, 0.1) is 11.8 Å². The van der Waals surface area contributed by atoms with Gasteiger partial charge in [0.15, 0.2) is 0 Å². The third-order valence-corrected chi connectivity index (χ3v) is 6.18. The Balaban J connectivity index is 2.01. The molecule has 8 heteroatoms. The van der Waals surface area contributed by atoms with E-state index in [4.69, 9.17) is 0 Å². The molecule has 0 aliphatic carbocycles. The SMILES string of the molecule is C=CC(=O)N1CCC(C(=O)N2CCN(S(C)(=O)=O)CC2(C)C)CC1. The van der Waals surface area contributed by atoms with Gasteiger partial charge in [-0.2, -0.15) is 4.31 Å². The minimum absolute atomic E-state index is 0.0684. The first-order valence-electron chi connectivity index (χ1n) is 8.24. The van der Waals surface area contributed by atoms with Gasteiger partial charge in [-0.05, 0) is 32.8 Å². The Bertz CT molecular complexity index is 621. The zero-order valence-electron chi connectivity index (χ0n) is 14.7. The zero-order valence-corrected chi connectivity index (χ0v) is 15.5. The fourth-order valence-electron chi connectivity index (χ4n) is 3.50. The average Bonchev–Trinajstić information content (AvgIpc) is 2.52. The predicted octanol–water partition coefficient (Wildman–Crippen LogP) is 0.293. The minimum atomic E-state index is -3.25. The van der Waals surface area contributed by atoms with Crippen molar-refractivity contribution >= 4 is 21.8 Å². The lowest BCUT2D eigenvalue weighted by Crippen LogP contribution is -2.63. The summed E-state index contributed by atoms with van der Waals surface area (Å²) in [6.45, 7) is 9.47. The van der Waals surface area contributed by atoms with Crippen molar-refractivity contribution in [2.45, 2.75) is 32.2 Å². The summed E-state index contributed by atoms with van der Waals surface area (Å²) in [5.41, 5.74) is -0.535. The topological polar surface area (TPSA) is 78.0 Å². The van der Waals surface area contributed by atoms with Gasteiger partial charge in [-0.3, -0.25) is 9.59 Å². The molecule has 0 unspecified atom stereocenters. The van der Waals surface area contributed by atoms with Crippen LogP contribution >= 0.6 is 0 Å². The van der Waals surface area contributed by atoms with Crippen molar-refractivity contribution in [3.8, 4) is 0 Å². The summed E-state index contributed by atoms with van der Waals surface area (Å²) < 4.78 is 24.9. The highest BCUT2D eigenvalue weighted by Gasteiger charge is 2.42. The van der Waals surface area contributed by atoms with Crippen LogP contribution in [0.4, 0.5) is 0 Å². The zero-order chi connectivity index (χ0) is 18.1. The predicted molar refractivity (Wildman–Crippen MR) is 91.7 cm³/mol. The highest BCUT2D eigenvalue weighted by atomic mass is 32.2. The van der Waals surface area contributed by atoms with Gasteiger partial charge in [0.2, 0.25) is 21.8 Å². The molecule has 24 heavy (non-hydrogen) atoms. The van der Waals surface area contributed by atoms with Crippen molar-refractivity contribution in [1.29, 1.82) is 0 Å². The number of likely N-dealkylation sites (tertiary alicyclic amines) is 1. The van der Waals surface area contributed by atoms with Crippen LogP contribution in [0.25, 0.3) is 0 Å². The molecular weight excluding hydrogens is 330 g/mol. The van der Waals surface area contributed by atoms with Crippen LogP contribution in [0.1, 0.15) is 26.7 Å². The van der Waals surface area contributed by atoms with Crippen molar-refractivity contribution in [1.82, 2.24) is 14.1 Å². The Morgan fingerprint density at radius 3 is 2.17 bits per heavy atom. The Morgan fingerprint density at radius 1 is 1.12 bits per heavy atom. The average molecular weight is 357 g/mol. The standard InChI is InChI=1S/C16H27N3O4S/c1-5-14(20)17-8-6-13(7-9-17)15(21)19-11-10-18(24(4,22)23)12-16(19,2)3/h5,13H,1,6-12H2,2-4H3. The molecule has 0 aromatic heterocycles. The van der Waals surface area contributed by atoms with Crippen LogP contribution in [0.5, 0.6) is 0 Å². The lowest BCUT2D eigenvalue weighted by Gasteiger charge is -2.48. The van der Waals surface area contributed by atoms with Gasteiger partial charge >= 0.3 is 0 Å². The molecule has 2 aliphatic heterocycles. The van der Waals surface area contributed by atoms with Gasteiger partial charge in [-0.1, -0.05) is 6.58 Å². The van der Waals surface area contributed by atoms with Crippen molar-refractivity contribution in [2.24, 2.45) is 5.92 Å². The molecule has 136 valence electrons. The first kappa shape index (κ1) is 18.9. The minimum Gasteiger partial charge on any atom is -0.339 e. The fraction of sp³-hybridized carbons (Fsp3) is 0.750. The number of sulfonamides is 1. The molecule has 0 radical (unpaired) electrons. The van der Waals surface area contributed by atoms with E-state index < -0.39 is 15.6 Å². The molecule has 0 aromatic carbocycles. The maximum Gasteiger partial charge on any atom is 0.245 e. The monoisotopic (exact) mass is 357 g/mol. The molecule has 0 N–H and O–H groups in total. The number of carbonyl (C=O) groups excluding carboxylic acids is 2. The molecule has 0 bridgehead atoms. The molecule has 2 fully saturated rings. The lowest BCUT2D eigenvalue weighted by molar-refractivity contribution is -0.146. The van der Waals surface area contributed by atoms with E-state index in [-0.39, 0.29) is 17.7 Å². The second-order valence-corrected chi connectivity index (χ2v) is 9.18. The number of amides is 2. The summed E-state index contributed by atoms with van der Waals surface area (Å²) in [4.78, 5) is 28.1. The number of nitrogens with zero attached hydrogens (tertiary/aromatic N) is 3. The van der Waals surface area contributed by atoms with Gasteiger partial charge in [0.25, 0.3) is 0 Å². The van der Waals surface area contributed by atoms with E-state index in [0.29, 0.717) is 45.6 Å². The molecule has 2 saturated heterocycles. The highest BCUT2D eigenvalue weighted by molar-refractivity contribution is 7.88. The van der Waals surface area contributed by atoms with Crippen LogP contribution in [0.3, 0.4) is 0 Å². The number of hydrogen-bond donors (Lipinski definition) is 0. The van der Waals surface area contributed by atoms with Crippen molar-refractivity contribution < 1.29 is 18.0 Å². The van der Waals surface area contributed by atoms with E-state index in [2.05, 4.69) is 6.58 Å². The lowest BCUT2D eigenvalue weighted by atomic mass is 9.91. The van der Waals surface area contributed by atoms with Crippen molar-refractivity contribution in [3.05, 3.63) is 12.7 Å². The van der Waals surface area contributed by atoms with Gasteiger partial charge in [-0.15, -0.1) is 0 Å². The van der Waals surface area contributed by atoms with Gasteiger partial charge in [0, 0.05) is 38.6 Å². The summed E-state index contributed by atoms with van der Waals surface area (Å²) in [7, 11) is -3.25. The second-order valence-electron chi connectivity index (χ2n) is 7.20. The first-order valence-corrected chi connectivity index (χ1v) is 10.1. The number of carbonyl (C=O) groups is 2. The molecule has 0 spiro atoms. The fourth-order valence-corrected chi connectivity index (χ4v) is 4.46. The largest absolute Gasteiger partial charge is 0.339 e. The van der Waals surface area contributed by atoms with E-state index in [1.807, 2.05) is 18.7 Å². The Labute approximate surface area is 144 Å². The maximum atomic E-state index is 12.9. The Hall–Kier alpha value is -1.41.